The van der Waals surface area contributed by atoms with Crippen molar-refractivity contribution >= 4 is 16.9 Å². The molecule has 0 spiro atoms. The molecule has 9 heteroatoms. The van der Waals surface area contributed by atoms with Crippen LogP contribution in [0, 0.1) is 10.1 Å². The molecular formula is C19H15F3N2O4. The second-order valence-corrected chi connectivity index (χ2v) is 6.01. The second-order valence-electron chi connectivity index (χ2n) is 6.01. The molecule has 3 rings (SSSR count). The summed E-state index contributed by atoms with van der Waals surface area (Å²) >= 11 is 0. The van der Waals surface area contributed by atoms with Crippen molar-refractivity contribution in [3.05, 3.63) is 69.9 Å². The Balaban J connectivity index is 2.21. The standard InChI is InChI=1S/C19H15F3N2O4/c1-10-9-11(2)23-16-12(10)5-4-6-15(16)28-18-14(24(25)26)8-7-13(17(18)27-3)19(20,21)22/h4-9,23H,2H2,1,3H3. The molecule has 0 saturated carbocycles. The van der Waals surface area contributed by atoms with Crippen LogP contribution in [-0.2, 0) is 6.18 Å². The van der Waals surface area contributed by atoms with E-state index in [0.717, 1.165) is 24.3 Å². The van der Waals surface area contributed by atoms with Crippen LogP contribution in [0.25, 0.3) is 5.57 Å². The summed E-state index contributed by atoms with van der Waals surface area (Å²) < 4.78 is 50.5. The summed E-state index contributed by atoms with van der Waals surface area (Å²) in [5.41, 5.74) is 0.763. The summed E-state index contributed by atoms with van der Waals surface area (Å²) in [7, 11) is 0.995. The maximum atomic E-state index is 13.3. The minimum absolute atomic E-state index is 0.104. The van der Waals surface area contributed by atoms with E-state index in [1.165, 1.54) is 6.07 Å². The van der Waals surface area contributed by atoms with Gasteiger partial charge in [0.1, 0.15) is 5.56 Å². The van der Waals surface area contributed by atoms with Crippen molar-refractivity contribution in [3.63, 3.8) is 0 Å². The van der Waals surface area contributed by atoms with Gasteiger partial charge in [0.15, 0.2) is 11.5 Å². The second kappa shape index (κ2) is 6.91. The molecule has 1 heterocycles. The van der Waals surface area contributed by atoms with Crippen molar-refractivity contribution in [3.8, 4) is 17.2 Å². The number of halogens is 3. The number of ether oxygens (including phenoxy) is 2. The van der Waals surface area contributed by atoms with Crippen LogP contribution in [0.5, 0.6) is 17.2 Å². The van der Waals surface area contributed by atoms with Gasteiger partial charge in [0.25, 0.3) is 0 Å². The average molecular weight is 392 g/mol. The van der Waals surface area contributed by atoms with Crippen molar-refractivity contribution in [1.29, 1.82) is 0 Å². The number of alkyl halides is 3. The predicted molar refractivity (Wildman–Crippen MR) is 97.6 cm³/mol. The fraction of sp³-hybridized carbons (Fsp3) is 0.158. The third-order valence-corrected chi connectivity index (χ3v) is 4.14. The highest BCUT2D eigenvalue weighted by atomic mass is 19.4. The first-order chi connectivity index (χ1) is 13.1. The lowest BCUT2D eigenvalue weighted by molar-refractivity contribution is -0.385. The molecule has 6 nitrogen and oxygen atoms in total. The summed E-state index contributed by atoms with van der Waals surface area (Å²) in [6.07, 6.45) is -2.99. The van der Waals surface area contributed by atoms with Crippen LogP contribution < -0.4 is 14.8 Å². The molecule has 0 atom stereocenters. The molecule has 0 saturated heterocycles. The molecule has 0 amide bonds. The van der Waals surface area contributed by atoms with Crippen LogP contribution in [0.3, 0.4) is 0 Å². The number of nitro groups is 1. The fourth-order valence-corrected chi connectivity index (χ4v) is 2.94. The lowest BCUT2D eigenvalue weighted by Gasteiger charge is -2.22. The van der Waals surface area contributed by atoms with Gasteiger partial charge in [-0.2, -0.15) is 13.2 Å². The summed E-state index contributed by atoms with van der Waals surface area (Å²) in [4.78, 5) is 10.6. The Hall–Kier alpha value is -3.49. The highest BCUT2D eigenvalue weighted by Crippen LogP contribution is 2.49. The maximum Gasteiger partial charge on any atom is 0.420 e. The molecule has 0 bridgehead atoms. The van der Waals surface area contributed by atoms with Crippen LogP contribution in [-0.4, -0.2) is 12.0 Å². The van der Waals surface area contributed by atoms with Gasteiger partial charge in [0.2, 0.25) is 5.75 Å². The minimum Gasteiger partial charge on any atom is -0.492 e. The zero-order chi connectivity index (χ0) is 20.6. The molecule has 1 N–H and O–H groups in total. The number of hydrogen-bond acceptors (Lipinski definition) is 5. The highest BCUT2D eigenvalue weighted by Gasteiger charge is 2.39. The van der Waals surface area contributed by atoms with Crippen LogP contribution in [0.2, 0.25) is 0 Å². The Morgan fingerprint density at radius 3 is 2.50 bits per heavy atom. The van der Waals surface area contributed by atoms with Gasteiger partial charge in [-0.15, -0.1) is 0 Å². The van der Waals surface area contributed by atoms with E-state index in [9.17, 15) is 23.3 Å². The first-order valence-electron chi connectivity index (χ1n) is 8.01. The van der Waals surface area contributed by atoms with E-state index in [2.05, 4.69) is 11.9 Å². The third kappa shape index (κ3) is 3.38. The molecular weight excluding hydrogens is 377 g/mol. The third-order valence-electron chi connectivity index (χ3n) is 4.14. The van der Waals surface area contributed by atoms with Gasteiger partial charge >= 0.3 is 11.9 Å². The molecule has 146 valence electrons. The van der Waals surface area contributed by atoms with Crippen molar-refractivity contribution < 1.29 is 27.6 Å². The Morgan fingerprint density at radius 1 is 1.18 bits per heavy atom. The number of methoxy groups -OCH3 is 1. The normalized spacial score (nSPS) is 13.3. The monoisotopic (exact) mass is 392 g/mol. The fourth-order valence-electron chi connectivity index (χ4n) is 2.94. The zero-order valence-corrected chi connectivity index (χ0v) is 14.9. The largest absolute Gasteiger partial charge is 0.492 e. The lowest BCUT2D eigenvalue weighted by Crippen LogP contribution is -2.10. The number of rotatable bonds is 4. The summed E-state index contributed by atoms with van der Waals surface area (Å²) in [5.74, 6) is -1.29. The Kier molecular flexibility index (Phi) is 4.76. The molecule has 2 aromatic rings. The van der Waals surface area contributed by atoms with Crippen LogP contribution in [0.15, 0.2) is 48.7 Å². The molecule has 28 heavy (non-hydrogen) atoms. The Labute approximate surface area is 158 Å². The summed E-state index contributed by atoms with van der Waals surface area (Å²) in [6.45, 7) is 5.65. The lowest BCUT2D eigenvalue weighted by atomic mass is 10.00. The van der Waals surface area contributed by atoms with E-state index < -0.39 is 33.8 Å². The number of benzene rings is 2. The van der Waals surface area contributed by atoms with E-state index in [1.54, 1.807) is 18.2 Å². The first kappa shape index (κ1) is 19.3. The molecule has 1 aliphatic heterocycles. The van der Waals surface area contributed by atoms with Crippen molar-refractivity contribution in [2.24, 2.45) is 0 Å². The summed E-state index contributed by atoms with van der Waals surface area (Å²) in [5, 5.41) is 14.4. The van der Waals surface area contributed by atoms with Crippen molar-refractivity contribution in [2.75, 3.05) is 12.4 Å². The average Bonchev–Trinajstić information content (AvgIpc) is 2.60. The van der Waals surface area contributed by atoms with Crippen molar-refractivity contribution in [2.45, 2.75) is 13.1 Å². The van der Waals surface area contributed by atoms with E-state index in [1.807, 2.05) is 6.92 Å². The quantitative estimate of drug-likeness (QED) is 0.529. The van der Waals surface area contributed by atoms with Gasteiger partial charge in [-0.25, -0.2) is 0 Å². The molecule has 0 aromatic heterocycles. The zero-order valence-electron chi connectivity index (χ0n) is 14.9. The smallest absolute Gasteiger partial charge is 0.420 e. The summed E-state index contributed by atoms with van der Waals surface area (Å²) in [6, 6.07) is 6.24. The Bertz CT molecular complexity index is 1010. The van der Waals surface area contributed by atoms with Gasteiger partial charge in [-0.3, -0.25) is 10.1 Å². The number of fused-ring (bicyclic) bond motifs is 1. The minimum atomic E-state index is -4.78. The molecule has 0 fully saturated rings. The van der Waals surface area contributed by atoms with E-state index in [0.29, 0.717) is 17.5 Å². The van der Waals surface area contributed by atoms with Gasteiger partial charge in [-0.05, 0) is 30.7 Å². The maximum absolute atomic E-state index is 13.3. The number of allylic oxidation sites excluding steroid dienone is 2. The Morgan fingerprint density at radius 2 is 1.89 bits per heavy atom. The number of para-hydroxylation sites is 1. The number of nitrogens with zero attached hydrogens (tertiary/aromatic N) is 1. The first-order valence-corrected chi connectivity index (χ1v) is 8.01. The van der Waals surface area contributed by atoms with Gasteiger partial charge in [0.05, 0.1) is 17.7 Å². The number of hydrogen-bond donors (Lipinski definition) is 1. The van der Waals surface area contributed by atoms with Gasteiger partial charge < -0.3 is 14.8 Å². The van der Waals surface area contributed by atoms with Crippen molar-refractivity contribution in [1.82, 2.24) is 0 Å². The number of anilines is 1. The number of nitrogens with one attached hydrogen (secondary N) is 1. The molecule has 0 radical (unpaired) electrons. The van der Waals surface area contributed by atoms with E-state index >= 15 is 0 Å². The van der Waals surface area contributed by atoms with Gasteiger partial charge in [-0.1, -0.05) is 18.7 Å². The predicted octanol–water partition coefficient (Wildman–Crippen LogP) is 5.76. The highest BCUT2D eigenvalue weighted by molar-refractivity contribution is 5.85. The van der Waals surface area contributed by atoms with E-state index in [4.69, 9.17) is 9.47 Å². The van der Waals surface area contributed by atoms with E-state index in [-0.39, 0.29) is 5.75 Å². The van der Waals surface area contributed by atoms with Crippen LogP contribution in [0.4, 0.5) is 24.5 Å². The topological polar surface area (TPSA) is 73.6 Å². The molecule has 2 aromatic carbocycles. The SMILES string of the molecule is C=C1C=C(C)c2cccc(Oc3c([N+](=O)[O-])ccc(C(F)(F)F)c3OC)c2N1. The molecule has 1 aliphatic rings. The van der Waals surface area contributed by atoms with Gasteiger partial charge in [0, 0.05) is 17.3 Å². The van der Waals surface area contributed by atoms with Crippen LogP contribution in [0.1, 0.15) is 18.1 Å². The van der Waals surface area contributed by atoms with Crippen LogP contribution >= 0.6 is 0 Å². The number of nitro benzene ring substituents is 1. The molecule has 0 unspecified atom stereocenters. The molecule has 0 aliphatic carbocycles.